The van der Waals surface area contributed by atoms with Crippen molar-refractivity contribution >= 4 is 23.2 Å². The second kappa shape index (κ2) is 5.62. The van der Waals surface area contributed by atoms with E-state index in [0.29, 0.717) is 12.1 Å². The molecule has 0 saturated carbocycles. The van der Waals surface area contributed by atoms with Gasteiger partial charge in [-0.15, -0.1) is 0 Å². The van der Waals surface area contributed by atoms with Gasteiger partial charge in [0.2, 0.25) is 0 Å². The molecule has 1 amide bonds. The highest BCUT2D eigenvalue weighted by atomic mass is 32.1. The fourth-order valence-electron chi connectivity index (χ4n) is 1.53. The Bertz CT molecular complexity index is 605. The summed E-state index contributed by atoms with van der Waals surface area (Å²) in [4.78, 5) is 26.3. The molecule has 0 unspecified atom stereocenters. The monoisotopic (exact) mass is 276 g/mol. The van der Waals surface area contributed by atoms with E-state index in [2.05, 4.69) is 10.3 Å². The molecule has 0 fully saturated rings. The van der Waals surface area contributed by atoms with Gasteiger partial charge in [0.25, 0.3) is 5.91 Å². The van der Waals surface area contributed by atoms with Gasteiger partial charge in [0, 0.05) is 18.1 Å². The first-order valence-electron chi connectivity index (χ1n) is 5.57. The number of hydrogen-bond acceptors (Lipinski definition) is 4. The molecule has 0 aliphatic heterocycles. The molecule has 2 rings (SSSR count). The summed E-state index contributed by atoms with van der Waals surface area (Å²) in [5.41, 5.74) is 2.36. The lowest BCUT2D eigenvalue weighted by atomic mass is 10.2. The summed E-state index contributed by atoms with van der Waals surface area (Å²) >= 11 is 1.48. The fourth-order valence-corrected chi connectivity index (χ4v) is 2.35. The zero-order valence-electron chi connectivity index (χ0n) is 10.2. The number of nitrogens with zero attached hydrogens (tertiary/aromatic N) is 1. The van der Waals surface area contributed by atoms with Crippen molar-refractivity contribution in [2.45, 2.75) is 13.5 Å². The maximum atomic E-state index is 11.9. The van der Waals surface area contributed by atoms with E-state index < -0.39 is 5.97 Å². The average Bonchev–Trinajstić information content (AvgIpc) is 2.83. The summed E-state index contributed by atoms with van der Waals surface area (Å²) in [6.45, 7) is 2.20. The van der Waals surface area contributed by atoms with Crippen molar-refractivity contribution in [3.8, 4) is 0 Å². The van der Waals surface area contributed by atoms with Gasteiger partial charge in [0.15, 0.2) is 0 Å². The van der Waals surface area contributed by atoms with E-state index in [0.717, 1.165) is 11.1 Å². The summed E-state index contributed by atoms with van der Waals surface area (Å²) in [6.07, 6.45) is 1.45. The second-order valence-electron chi connectivity index (χ2n) is 4.01. The molecule has 2 aromatic heterocycles. The lowest BCUT2D eigenvalue weighted by molar-refractivity contribution is 0.0690. The molecular formula is C13H12N2O3S. The summed E-state index contributed by atoms with van der Waals surface area (Å²) in [7, 11) is 0. The Balaban J connectivity index is 1.97. The number of aromatic nitrogens is 1. The van der Waals surface area contributed by atoms with Crippen molar-refractivity contribution < 1.29 is 14.7 Å². The fraction of sp³-hybridized carbons (Fsp3) is 0.154. The van der Waals surface area contributed by atoms with Gasteiger partial charge >= 0.3 is 5.97 Å². The van der Waals surface area contributed by atoms with Crippen LogP contribution >= 0.6 is 11.3 Å². The third-order valence-corrected chi connectivity index (χ3v) is 3.46. The number of carboxylic acid groups (broad SMARTS) is 1. The maximum Gasteiger partial charge on any atom is 0.354 e. The van der Waals surface area contributed by atoms with Gasteiger partial charge in [-0.2, -0.15) is 11.3 Å². The van der Waals surface area contributed by atoms with E-state index in [-0.39, 0.29) is 11.6 Å². The normalized spacial score (nSPS) is 10.2. The molecule has 2 heterocycles. The number of thiophene rings is 1. The number of pyridine rings is 1. The van der Waals surface area contributed by atoms with Crippen molar-refractivity contribution in [3.05, 3.63) is 51.5 Å². The van der Waals surface area contributed by atoms with Crippen LogP contribution in [0.2, 0.25) is 0 Å². The Morgan fingerprint density at radius 3 is 2.68 bits per heavy atom. The van der Waals surface area contributed by atoms with Crippen LogP contribution in [-0.4, -0.2) is 22.0 Å². The van der Waals surface area contributed by atoms with E-state index in [1.54, 1.807) is 11.4 Å². The number of aromatic carboxylic acids is 1. The summed E-state index contributed by atoms with van der Waals surface area (Å²) < 4.78 is 0. The Hall–Kier alpha value is -2.21. The van der Waals surface area contributed by atoms with E-state index >= 15 is 0 Å². The predicted molar refractivity (Wildman–Crippen MR) is 71.4 cm³/mol. The van der Waals surface area contributed by atoms with Crippen LogP contribution in [0, 0.1) is 6.92 Å². The molecule has 19 heavy (non-hydrogen) atoms. The van der Waals surface area contributed by atoms with Gasteiger partial charge in [-0.25, -0.2) is 9.78 Å². The van der Waals surface area contributed by atoms with Crippen molar-refractivity contribution in [1.82, 2.24) is 10.3 Å². The van der Waals surface area contributed by atoms with Gasteiger partial charge in [-0.3, -0.25) is 4.79 Å². The number of hydrogen-bond donors (Lipinski definition) is 2. The topological polar surface area (TPSA) is 79.3 Å². The van der Waals surface area contributed by atoms with Crippen LogP contribution in [0.3, 0.4) is 0 Å². The summed E-state index contributed by atoms with van der Waals surface area (Å²) in [5.74, 6) is -1.20. The van der Waals surface area contributed by atoms with Crippen LogP contribution in [0.5, 0.6) is 0 Å². The number of carbonyl (C=O) groups is 2. The number of rotatable bonds is 4. The smallest absolute Gasteiger partial charge is 0.354 e. The number of carbonyl (C=O) groups excluding carboxylic acids is 1. The van der Waals surface area contributed by atoms with Crippen molar-refractivity contribution in [2.24, 2.45) is 0 Å². The predicted octanol–water partition coefficient (Wildman–Crippen LogP) is 2.08. The van der Waals surface area contributed by atoms with Gasteiger partial charge in [-0.1, -0.05) is 6.07 Å². The quantitative estimate of drug-likeness (QED) is 0.896. The van der Waals surface area contributed by atoms with Crippen LogP contribution in [0.1, 0.15) is 32.0 Å². The standard InChI is InChI=1S/C13H12N2O3S/c1-8-6-19-7-10(8)12(16)15-5-9-2-3-11(13(17)18)14-4-9/h2-4,6-7H,5H2,1H3,(H,15,16)(H,17,18). The van der Waals surface area contributed by atoms with E-state index in [1.807, 2.05) is 12.3 Å². The van der Waals surface area contributed by atoms with Crippen LogP contribution in [0.25, 0.3) is 0 Å². The molecule has 0 aliphatic carbocycles. The van der Waals surface area contributed by atoms with E-state index in [9.17, 15) is 9.59 Å². The largest absolute Gasteiger partial charge is 0.477 e. The highest BCUT2D eigenvalue weighted by Gasteiger charge is 2.09. The first-order chi connectivity index (χ1) is 9.08. The first-order valence-corrected chi connectivity index (χ1v) is 6.51. The Labute approximate surface area is 113 Å². The van der Waals surface area contributed by atoms with Crippen molar-refractivity contribution in [2.75, 3.05) is 0 Å². The Kier molecular flexibility index (Phi) is 3.91. The summed E-state index contributed by atoms with van der Waals surface area (Å²) in [5, 5.41) is 15.2. The molecule has 98 valence electrons. The minimum Gasteiger partial charge on any atom is -0.477 e. The number of amides is 1. The number of aryl methyl sites for hydroxylation is 1. The van der Waals surface area contributed by atoms with E-state index in [1.165, 1.54) is 23.6 Å². The molecule has 0 spiro atoms. The molecule has 2 aromatic rings. The SMILES string of the molecule is Cc1cscc1C(=O)NCc1ccc(C(=O)O)nc1. The zero-order chi connectivity index (χ0) is 13.8. The Morgan fingerprint density at radius 2 is 2.16 bits per heavy atom. The number of nitrogens with one attached hydrogen (secondary N) is 1. The third kappa shape index (κ3) is 3.17. The molecule has 0 aromatic carbocycles. The molecule has 0 radical (unpaired) electrons. The molecule has 0 bridgehead atoms. The van der Waals surface area contributed by atoms with Crippen molar-refractivity contribution in [3.63, 3.8) is 0 Å². The summed E-state index contributed by atoms with van der Waals surface area (Å²) in [6, 6.07) is 3.05. The highest BCUT2D eigenvalue weighted by Crippen LogP contribution is 2.13. The third-order valence-electron chi connectivity index (χ3n) is 2.60. The number of carboxylic acids is 1. The Morgan fingerprint density at radius 1 is 1.37 bits per heavy atom. The molecule has 2 N–H and O–H groups in total. The zero-order valence-corrected chi connectivity index (χ0v) is 11.0. The lowest BCUT2D eigenvalue weighted by Crippen LogP contribution is -2.23. The van der Waals surface area contributed by atoms with Crippen LogP contribution in [0.15, 0.2) is 29.1 Å². The van der Waals surface area contributed by atoms with Gasteiger partial charge in [0.1, 0.15) is 5.69 Å². The van der Waals surface area contributed by atoms with Gasteiger partial charge in [-0.05, 0) is 29.5 Å². The minimum atomic E-state index is -1.07. The molecule has 0 atom stereocenters. The average molecular weight is 276 g/mol. The van der Waals surface area contributed by atoms with Gasteiger partial charge < -0.3 is 10.4 Å². The maximum absolute atomic E-state index is 11.9. The van der Waals surface area contributed by atoms with Crippen molar-refractivity contribution in [1.29, 1.82) is 0 Å². The molecule has 6 heteroatoms. The first kappa shape index (κ1) is 13.2. The molecular weight excluding hydrogens is 264 g/mol. The highest BCUT2D eigenvalue weighted by molar-refractivity contribution is 7.08. The van der Waals surface area contributed by atoms with E-state index in [4.69, 9.17) is 5.11 Å². The van der Waals surface area contributed by atoms with Crippen LogP contribution < -0.4 is 5.32 Å². The lowest BCUT2D eigenvalue weighted by Gasteiger charge is -2.05. The second-order valence-corrected chi connectivity index (χ2v) is 4.75. The van der Waals surface area contributed by atoms with Gasteiger partial charge in [0.05, 0.1) is 5.56 Å². The molecule has 0 saturated heterocycles. The van der Waals surface area contributed by atoms with Crippen LogP contribution in [-0.2, 0) is 6.54 Å². The molecule has 5 nitrogen and oxygen atoms in total. The molecule has 0 aliphatic rings. The minimum absolute atomic E-state index is 0.0104. The van der Waals surface area contributed by atoms with Crippen LogP contribution in [0.4, 0.5) is 0 Å².